The molecule has 0 atom stereocenters. The fourth-order valence-electron chi connectivity index (χ4n) is 3.06. The highest BCUT2D eigenvalue weighted by atomic mass is 32.2. The number of fused-ring (bicyclic) bond motifs is 1. The lowest BCUT2D eigenvalue weighted by Crippen LogP contribution is -2.35. The molecule has 0 bridgehead atoms. The molecule has 1 amide bonds. The van der Waals surface area contributed by atoms with Crippen molar-refractivity contribution in [3.8, 4) is 11.5 Å². The van der Waals surface area contributed by atoms with Gasteiger partial charge in [0.05, 0.1) is 25.2 Å². The van der Waals surface area contributed by atoms with Crippen LogP contribution in [0.25, 0.3) is 6.08 Å². The molecule has 11 heteroatoms. The van der Waals surface area contributed by atoms with E-state index in [1.165, 1.54) is 42.9 Å². The van der Waals surface area contributed by atoms with Crippen molar-refractivity contribution in [3.63, 3.8) is 0 Å². The van der Waals surface area contributed by atoms with Gasteiger partial charge in [-0.25, -0.2) is 4.79 Å². The van der Waals surface area contributed by atoms with Gasteiger partial charge in [0.1, 0.15) is 0 Å². The normalized spacial score (nSPS) is 16.5. The van der Waals surface area contributed by atoms with Crippen molar-refractivity contribution in [1.29, 1.82) is 5.41 Å². The number of benzene rings is 1. The number of ether oxygens (including phenoxy) is 2. The van der Waals surface area contributed by atoms with Crippen LogP contribution >= 0.6 is 11.8 Å². The van der Waals surface area contributed by atoms with Crippen LogP contribution in [-0.2, 0) is 4.79 Å². The maximum Gasteiger partial charge on any atom is 0.379 e. The van der Waals surface area contributed by atoms with Gasteiger partial charge in [0.25, 0.3) is 5.91 Å². The fourth-order valence-corrected chi connectivity index (χ4v) is 3.92. The molecule has 10 nitrogen and oxygen atoms in total. The van der Waals surface area contributed by atoms with E-state index < -0.39 is 11.9 Å². The third-order valence-electron chi connectivity index (χ3n) is 4.61. The molecule has 2 aliphatic rings. The first-order valence-electron chi connectivity index (χ1n) is 9.51. The lowest BCUT2D eigenvalue weighted by atomic mass is 10.1. The van der Waals surface area contributed by atoms with Crippen LogP contribution in [0.3, 0.4) is 0 Å². The van der Waals surface area contributed by atoms with Gasteiger partial charge in [-0.05, 0) is 59.8 Å². The van der Waals surface area contributed by atoms with E-state index >= 15 is 0 Å². The average Bonchev–Trinajstić information content (AvgIpc) is 3.58. The van der Waals surface area contributed by atoms with Crippen molar-refractivity contribution in [2.24, 2.45) is 10.1 Å². The van der Waals surface area contributed by atoms with Gasteiger partial charge >= 0.3 is 5.97 Å². The van der Waals surface area contributed by atoms with E-state index in [1.54, 1.807) is 30.3 Å². The highest BCUT2D eigenvalue weighted by Crippen LogP contribution is 2.33. The molecular formula is C22H14N4O6S. The summed E-state index contributed by atoms with van der Waals surface area (Å²) in [6.07, 6.45) is 4.38. The first-order valence-corrected chi connectivity index (χ1v) is 10.3. The molecule has 0 fully saturated rings. The zero-order valence-corrected chi connectivity index (χ0v) is 17.8. The Balaban J connectivity index is 1.41. The van der Waals surface area contributed by atoms with Gasteiger partial charge < -0.3 is 18.3 Å². The minimum atomic E-state index is -0.674. The number of esters is 1. The Kier molecular flexibility index (Phi) is 5.15. The Morgan fingerprint density at radius 2 is 1.97 bits per heavy atom. The average molecular weight is 462 g/mol. The van der Waals surface area contributed by atoms with Crippen LogP contribution in [0.15, 0.2) is 79.5 Å². The summed E-state index contributed by atoms with van der Waals surface area (Å²) in [7, 11) is 1.42. The summed E-state index contributed by atoms with van der Waals surface area (Å²) in [5.74, 6) is -0.350. The lowest BCUT2D eigenvalue weighted by Gasteiger charge is -2.20. The summed E-state index contributed by atoms with van der Waals surface area (Å²) >= 11 is 1.15. The van der Waals surface area contributed by atoms with Crippen LogP contribution in [0.4, 0.5) is 0 Å². The maximum absolute atomic E-state index is 12.6. The molecule has 0 unspecified atom stereocenters. The molecule has 2 aliphatic heterocycles. The van der Waals surface area contributed by atoms with E-state index in [-0.39, 0.29) is 33.8 Å². The number of carbonyl (C=O) groups excluding carboxylic acids is 2. The zero-order valence-electron chi connectivity index (χ0n) is 17.0. The predicted molar refractivity (Wildman–Crippen MR) is 119 cm³/mol. The Morgan fingerprint density at radius 1 is 1.15 bits per heavy atom. The van der Waals surface area contributed by atoms with E-state index in [1.807, 2.05) is 0 Å². The Morgan fingerprint density at radius 3 is 2.70 bits per heavy atom. The molecule has 0 aliphatic carbocycles. The second-order valence-corrected chi connectivity index (χ2v) is 7.64. The number of hydrogen-bond acceptors (Lipinski definition) is 9. The van der Waals surface area contributed by atoms with Crippen molar-refractivity contribution < 1.29 is 27.9 Å². The quantitative estimate of drug-likeness (QED) is 0.344. The number of rotatable bonds is 5. The van der Waals surface area contributed by atoms with Gasteiger partial charge in [-0.15, -0.1) is 0 Å². The molecule has 5 rings (SSSR count). The van der Waals surface area contributed by atoms with Crippen molar-refractivity contribution in [3.05, 3.63) is 77.6 Å². The SMILES string of the molecule is COc1cc(/C=C2\C(=N)N3N=C(c4ccco4)SC3=NC2=O)ccc1OC(=O)c1ccco1. The number of aliphatic imine (C=N–C) groups is 1. The number of hydrazone groups is 1. The highest BCUT2D eigenvalue weighted by molar-refractivity contribution is 8.27. The summed E-state index contributed by atoms with van der Waals surface area (Å²) in [5, 5.41) is 14.9. The molecule has 1 aromatic carbocycles. The van der Waals surface area contributed by atoms with Gasteiger partial charge in [-0.3, -0.25) is 10.2 Å². The number of carbonyl (C=O) groups is 2. The summed E-state index contributed by atoms with van der Waals surface area (Å²) in [6, 6.07) is 11.2. The number of methoxy groups -OCH3 is 1. The number of nitrogens with one attached hydrogen (secondary N) is 1. The molecule has 2 aromatic heterocycles. The van der Waals surface area contributed by atoms with Crippen molar-refractivity contribution in [1.82, 2.24) is 5.01 Å². The molecule has 3 aromatic rings. The molecule has 0 saturated heterocycles. The Bertz CT molecular complexity index is 1360. The predicted octanol–water partition coefficient (Wildman–Crippen LogP) is 3.77. The van der Waals surface area contributed by atoms with Crippen molar-refractivity contribution in [2.75, 3.05) is 7.11 Å². The van der Waals surface area contributed by atoms with E-state index in [0.29, 0.717) is 16.4 Å². The minimum absolute atomic E-state index is 0.0474. The van der Waals surface area contributed by atoms with Crippen molar-refractivity contribution in [2.45, 2.75) is 0 Å². The number of amidine groups is 2. The van der Waals surface area contributed by atoms with Gasteiger partial charge in [-0.1, -0.05) is 6.07 Å². The van der Waals surface area contributed by atoms with E-state index in [2.05, 4.69) is 10.1 Å². The molecule has 164 valence electrons. The minimum Gasteiger partial charge on any atom is -0.493 e. The number of amides is 1. The molecule has 1 N–H and O–H groups in total. The topological polar surface area (TPSA) is 131 Å². The third kappa shape index (κ3) is 3.85. The van der Waals surface area contributed by atoms with E-state index in [0.717, 1.165) is 11.8 Å². The molecule has 0 radical (unpaired) electrons. The van der Waals surface area contributed by atoms with Gasteiger partial charge in [0.15, 0.2) is 28.1 Å². The molecular weight excluding hydrogens is 448 g/mol. The van der Waals surface area contributed by atoms with Crippen LogP contribution in [0.2, 0.25) is 0 Å². The lowest BCUT2D eigenvalue weighted by molar-refractivity contribution is -0.114. The molecule has 4 heterocycles. The van der Waals surface area contributed by atoms with Crippen LogP contribution in [0.1, 0.15) is 21.9 Å². The monoisotopic (exact) mass is 462 g/mol. The van der Waals surface area contributed by atoms with Gasteiger partial charge in [0.2, 0.25) is 10.9 Å². The largest absolute Gasteiger partial charge is 0.493 e. The van der Waals surface area contributed by atoms with Crippen LogP contribution < -0.4 is 9.47 Å². The van der Waals surface area contributed by atoms with Crippen LogP contribution in [0, 0.1) is 5.41 Å². The summed E-state index contributed by atoms with van der Waals surface area (Å²) in [6.45, 7) is 0. The summed E-state index contributed by atoms with van der Waals surface area (Å²) in [4.78, 5) is 28.8. The Labute approximate surface area is 190 Å². The number of furan rings is 2. The van der Waals surface area contributed by atoms with Gasteiger partial charge in [-0.2, -0.15) is 15.1 Å². The van der Waals surface area contributed by atoms with E-state index in [4.69, 9.17) is 23.7 Å². The van der Waals surface area contributed by atoms with Crippen LogP contribution in [-0.4, -0.2) is 40.0 Å². The second-order valence-electron chi connectivity index (χ2n) is 6.68. The Hall–Kier alpha value is -4.38. The highest BCUT2D eigenvalue weighted by Gasteiger charge is 2.36. The standard InChI is InChI=1S/C22H14N4O6S/c1-29-17-11-12(6-7-14(17)32-21(28)16-5-3-9-31-16)10-13-18(23)26-22(24-19(13)27)33-20(25-26)15-4-2-8-30-15/h2-11,23H,1H3/b13-10+,23-18?. The maximum atomic E-state index is 12.6. The summed E-state index contributed by atoms with van der Waals surface area (Å²) < 4.78 is 21.0. The number of thioether (sulfide) groups is 1. The van der Waals surface area contributed by atoms with Gasteiger partial charge in [0, 0.05) is 0 Å². The summed E-state index contributed by atoms with van der Waals surface area (Å²) in [5.41, 5.74) is 0.588. The molecule has 0 saturated carbocycles. The number of hydrogen-bond donors (Lipinski definition) is 1. The first-order chi connectivity index (χ1) is 16.0. The fraction of sp³-hybridized carbons (Fsp3) is 0.0455. The van der Waals surface area contributed by atoms with Crippen LogP contribution in [0.5, 0.6) is 11.5 Å². The van der Waals surface area contributed by atoms with Crippen molar-refractivity contribution >= 4 is 45.8 Å². The number of nitrogens with zero attached hydrogens (tertiary/aromatic N) is 3. The second kappa shape index (κ2) is 8.28. The molecule has 0 spiro atoms. The van der Waals surface area contributed by atoms with E-state index in [9.17, 15) is 9.59 Å². The third-order valence-corrected chi connectivity index (χ3v) is 5.53. The smallest absolute Gasteiger partial charge is 0.379 e. The molecule has 33 heavy (non-hydrogen) atoms. The zero-order chi connectivity index (χ0) is 22.9. The first kappa shape index (κ1) is 20.5.